The summed E-state index contributed by atoms with van der Waals surface area (Å²) in [6.07, 6.45) is 0. The number of urea groups is 1. The summed E-state index contributed by atoms with van der Waals surface area (Å²) in [5, 5.41) is 4.25. The number of hydrogen-bond donors (Lipinski definition) is 1. The van der Waals surface area contributed by atoms with Crippen LogP contribution < -0.4 is 10.2 Å². The van der Waals surface area contributed by atoms with Crippen LogP contribution in [0.3, 0.4) is 0 Å². The molecule has 134 valence electrons. The fourth-order valence-corrected chi connectivity index (χ4v) is 4.10. The summed E-state index contributed by atoms with van der Waals surface area (Å²) in [5.41, 5.74) is 3.19. The molecule has 26 heavy (non-hydrogen) atoms. The van der Waals surface area contributed by atoms with Gasteiger partial charge in [0.05, 0.1) is 4.70 Å². The normalized spacial score (nSPS) is 14.7. The standard InChI is InChI=1S/C20H22N4OS/c1-14-6-5-8-17(15(14)2)21-20(25)24-12-10-23(11-13-24)19-16-7-3-4-9-18(16)26-22-19/h3-9H,10-13H2,1-2H3,(H,21,25). The molecular weight excluding hydrogens is 344 g/mol. The number of aryl methyl sites for hydroxylation is 1. The van der Waals surface area contributed by atoms with Crippen molar-refractivity contribution in [1.82, 2.24) is 9.27 Å². The van der Waals surface area contributed by atoms with Gasteiger partial charge in [0.25, 0.3) is 0 Å². The van der Waals surface area contributed by atoms with Crippen LogP contribution in [0.2, 0.25) is 0 Å². The lowest BCUT2D eigenvalue weighted by Crippen LogP contribution is -2.50. The summed E-state index contributed by atoms with van der Waals surface area (Å²) in [6.45, 7) is 7.09. The van der Waals surface area contributed by atoms with Gasteiger partial charge in [0, 0.05) is 37.3 Å². The highest BCUT2D eigenvalue weighted by Gasteiger charge is 2.24. The molecule has 1 saturated heterocycles. The van der Waals surface area contributed by atoms with Crippen LogP contribution in [-0.4, -0.2) is 41.5 Å². The lowest BCUT2D eigenvalue weighted by atomic mass is 10.1. The second-order valence-corrected chi connectivity index (χ2v) is 7.46. The van der Waals surface area contributed by atoms with Gasteiger partial charge in [0.15, 0.2) is 0 Å². The van der Waals surface area contributed by atoms with Crippen molar-refractivity contribution in [3.63, 3.8) is 0 Å². The first kappa shape index (κ1) is 16.8. The molecule has 3 aromatic rings. The smallest absolute Gasteiger partial charge is 0.321 e. The van der Waals surface area contributed by atoms with Gasteiger partial charge in [-0.25, -0.2) is 4.79 Å². The number of carbonyl (C=O) groups excluding carboxylic acids is 1. The van der Waals surface area contributed by atoms with Crippen molar-refractivity contribution >= 4 is 39.2 Å². The molecule has 0 saturated carbocycles. The Balaban J connectivity index is 1.42. The minimum Gasteiger partial charge on any atom is -0.352 e. The highest BCUT2D eigenvalue weighted by atomic mass is 32.1. The van der Waals surface area contributed by atoms with E-state index in [0.717, 1.165) is 30.2 Å². The Kier molecular flexibility index (Phi) is 4.51. The van der Waals surface area contributed by atoms with Crippen molar-refractivity contribution in [2.24, 2.45) is 0 Å². The number of rotatable bonds is 2. The Bertz CT molecular complexity index is 944. The monoisotopic (exact) mass is 366 g/mol. The van der Waals surface area contributed by atoms with E-state index in [1.807, 2.05) is 36.1 Å². The van der Waals surface area contributed by atoms with E-state index in [0.29, 0.717) is 13.1 Å². The van der Waals surface area contributed by atoms with E-state index in [-0.39, 0.29) is 6.03 Å². The molecule has 6 heteroatoms. The predicted octanol–water partition coefficient (Wildman–Crippen LogP) is 4.27. The third kappa shape index (κ3) is 3.12. The number of nitrogens with zero attached hydrogens (tertiary/aromatic N) is 3. The van der Waals surface area contributed by atoms with Gasteiger partial charge in [0.1, 0.15) is 5.82 Å². The van der Waals surface area contributed by atoms with Crippen LogP contribution in [0.1, 0.15) is 11.1 Å². The molecule has 1 aromatic heterocycles. The Morgan fingerprint density at radius 2 is 1.81 bits per heavy atom. The van der Waals surface area contributed by atoms with Crippen molar-refractivity contribution < 1.29 is 4.79 Å². The van der Waals surface area contributed by atoms with E-state index < -0.39 is 0 Å². The molecule has 1 fully saturated rings. The van der Waals surface area contributed by atoms with E-state index in [9.17, 15) is 4.79 Å². The molecule has 2 amide bonds. The molecule has 0 spiro atoms. The largest absolute Gasteiger partial charge is 0.352 e. The van der Waals surface area contributed by atoms with Crippen LogP contribution in [0.15, 0.2) is 42.5 Å². The van der Waals surface area contributed by atoms with Crippen molar-refractivity contribution in [2.75, 3.05) is 36.4 Å². The zero-order valence-electron chi connectivity index (χ0n) is 15.0. The number of piperazine rings is 1. The lowest BCUT2D eigenvalue weighted by molar-refractivity contribution is 0.208. The average molecular weight is 366 g/mol. The zero-order chi connectivity index (χ0) is 18.1. The van der Waals surface area contributed by atoms with Crippen LogP contribution in [0.25, 0.3) is 10.1 Å². The summed E-state index contributed by atoms with van der Waals surface area (Å²) < 4.78 is 5.83. The number of aromatic nitrogens is 1. The van der Waals surface area contributed by atoms with Crippen LogP contribution in [0.4, 0.5) is 16.3 Å². The van der Waals surface area contributed by atoms with E-state index >= 15 is 0 Å². The quantitative estimate of drug-likeness (QED) is 0.737. The number of carbonyl (C=O) groups is 1. The Morgan fingerprint density at radius 3 is 2.62 bits per heavy atom. The molecule has 2 aromatic carbocycles. The number of hydrogen-bond acceptors (Lipinski definition) is 4. The molecule has 1 aliphatic rings. The van der Waals surface area contributed by atoms with Gasteiger partial charge in [-0.1, -0.05) is 24.3 Å². The fourth-order valence-electron chi connectivity index (χ4n) is 3.30. The number of amides is 2. The Hall–Kier alpha value is -2.60. The third-order valence-corrected chi connectivity index (χ3v) is 5.89. The molecule has 0 unspecified atom stereocenters. The first-order valence-corrected chi connectivity index (χ1v) is 9.62. The highest BCUT2D eigenvalue weighted by Crippen LogP contribution is 2.30. The minimum atomic E-state index is -0.0264. The summed E-state index contributed by atoms with van der Waals surface area (Å²) in [6, 6.07) is 14.3. The molecule has 0 bridgehead atoms. The number of nitrogens with one attached hydrogen (secondary N) is 1. The second-order valence-electron chi connectivity index (χ2n) is 6.65. The summed E-state index contributed by atoms with van der Waals surface area (Å²) >= 11 is 1.53. The van der Waals surface area contributed by atoms with Crippen LogP contribution in [0.5, 0.6) is 0 Å². The van der Waals surface area contributed by atoms with E-state index in [1.54, 1.807) is 0 Å². The maximum absolute atomic E-state index is 12.6. The molecule has 1 aliphatic heterocycles. The van der Waals surface area contributed by atoms with Gasteiger partial charge in [0.2, 0.25) is 0 Å². The van der Waals surface area contributed by atoms with Crippen molar-refractivity contribution in [2.45, 2.75) is 13.8 Å². The molecule has 0 aliphatic carbocycles. The van der Waals surface area contributed by atoms with Gasteiger partial charge in [-0.05, 0) is 54.7 Å². The summed E-state index contributed by atoms with van der Waals surface area (Å²) in [7, 11) is 0. The maximum atomic E-state index is 12.6. The zero-order valence-corrected chi connectivity index (χ0v) is 15.8. The van der Waals surface area contributed by atoms with E-state index in [4.69, 9.17) is 0 Å². The topological polar surface area (TPSA) is 48.5 Å². The Labute approximate surface area is 157 Å². The van der Waals surface area contributed by atoms with Crippen molar-refractivity contribution in [3.8, 4) is 0 Å². The predicted molar refractivity (Wildman–Crippen MR) is 108 cm³/mol. The molecule has 0 atom stereocenters. The van der Waals surface area contributed by atoms with Crippen LogP contribution in [-0.2, 0) is 0 Å². The molecule has 4 rings (SSSR count). The van der Waals surface area contributed by atoms with E-state index in [2.05, 4.69) is 39.7 Å². The number of benzene rings is 2. The molecule has 1 N–H and O–H groups in total. The third-order valence-electron chi connectivity index (χ3n) is 5.07. The van der Waals surface area contributed by atoms with Gasteiger partial charge < -0.3 is 15.1 Å². The first-order valence-electron chi connectivity index (χ1n) is 8.85. The summed E-state index contributed by atoms with van der Waals surface area (Å²) in [4.78, 5) is 16.8. The highest BCUT2D eigenvalue weighted by molar-refractivity contribution is 7.13. The second kappa shape index (κ2) is 6.96. The van der Waals surface area contributed by atoms with Gasteiger partial charge in [-0.3, -0.25) is 0 Å². The average Bonchev–Trinajstić information content (AvgIpc) is 3.10. The first-order chi connectivity index (χ1) is 12.6. The molecule has 2 heterocycles. The lowest BCUT2D eigenvalue weighted by Gasteiger charge is -2.35. The number of anilines is 2. The van der Waals surface area contributed by atoms with Crippen LogP contribution >= 0.6 is 11.5 Å². The van der Waals surface area contributed by atoms with E-state index in [1.165, 1.54) is 27.2 Å². The fraction of sp³-hybridized carbons (Fsp3) is 0.300. The van der Waals surface area contributed by atoms with Gasteiger partial charge >= 0.3 is 6.03 Å². The molecule has 0 radical (unpaired) electrons. The Morgan fingerprint density at radius 1 is 1.04 bits per heavy atom. The van der Waals surface area contributed by atoms with Gasteiger partial charge in [-0.15, -0.1) is 0 Å². The number of fused-ring (bicyclic) bond motifs is 1. The summed E-state index contributed by atoms with van der Waals surface area (Å²) in [5.74, 6) is 1.04. The molecule has 5 nitrogen and oxygen atoms in total. The van der Waals surface area contributed by atoms with Crippen molar-refractivity contribution in [3.05, 3.63) is 53.6 Å². The maximum Gasteiger partial charge on any atom is 0.321 e. The van der Waals surface area contributed by atoms with Crippen molar-refractivity contribution in [1.29, 1.82) is 0 Å². The minimum absolute atomic E-state index is 0.0264. The van der Waals surface area contributed by atoms with Crippen LogP contribution in [0, 0.1) is 13.8 Å². The SMILES string of the molecule is Cc1cccc(NC(=O)N2CCN(c3nsc4ccccc34)CC2)c1C. The molecular formula is C20H22N4OS. The van der Waals surface area contributed by atoms with Gasteiger partial charge in [-0.2, -0.15) is 4.37 Å².